The van der Waals surface area contributed by atoms with Crippen LogP contribution >= 0.6 is 11.8 Å². The van der Waals surface area contributed by atoms with Crippen molar-refractivity contribution in [3.05, 3.63) is 90.5 Å². The highest BCUT2D eigenvalue weighted by atomic mass is 32.2. The number of methoxy groups -OCH3 is 1. The summed E-state index contributed by atoms with van der Waals surface area (Å²) in [5.74, 6) is 1.50. The zero-order valence-corrected chi connectivity index (χ0v) is 26.5. The Kier molecular flexibility index (Phi) is 9.28. The maximum Gasteiger partial charge on any atom is 0.262 e. The van der Waals surface area contributed by atoms with Gasteiger partial charge in [-0.15, -0.1) is 0 Å². The lowest BCUT2D eigenvalue weighted by Crippen LogP contribution is -2.69. The molecule has 7 heteroatoms. The molecule has 0 radical (unpaired) electrons. The van der Waals surface area contributed by atoms with Gasteiger partial charge in [-0.3, -0.25) is 9.79 Å². The first-order chi connectivity index (χ1) is 19.0. The molecular formula is C33H42N2O3SSi. The van der Waals surface area contributed by atoms with Crippen molar-refractivity contribution in [2.24, 2.45) is 10.9 Å². The second-order valence-corrected chi connectivity index (χ2v) is 17.3. The van der Waals surface area contributed by atoms with E-state index in [0.717, 1.165) is 33.9 Å². The Morgan fingerprint density at radius 1 is 0.950 bits per heavy atom. The second-order valence-electron chi connectivity index (χ2n) is 12.0. The number of aliphatic imine (C=N–C) groups is 1. The summed E-state index contributed by atoms with van der Waals surface area (Å²) in [6, 6.07) is 29.0. The van der Waals surface area contributed by atoms with Crippen LogP contribution in [0, 0.1) is 5.92 Å². The smallest absolute Gasteiger partial charge is 0.262 e. The van der Waals surface area contributed by atoms with E-state index in [-0.39, 0.29) is 16.9 Å². The predicted octanol–water partition coefficient (Wildman–Crippen LogP) is 6.12. The molecule has 3 aromatic carbocycles. The fourth-order valence-corrected chi connectivity index (χ4v) is 11.3. The molecule has 212 valence electrons. The van der Waals surface area contributed by atoms with Gasteiger partial charge in [-0.05, 0) is 52.4 Å². The van der Waals surface area contributed by atoms with Crippen LogP contribution in [0.15, 0.2) is 89.9 Å². The number of carbonyl (C=O) groups excluding carboxylic acids is 1. The minimum absolute atomic E-state index is 0.0381. The first-order valence-corrected chi connectivity index (χ1v) is 16.9. The van der Waals surface area contributed by atoms with E-state index in [2.05, 4.69) is 108 Å². The fraction of sp³-hybridized carbons (Fsp3) is 0.394. The van der Waals surface area contributed by atoms with Crippen molar-refractivity contribution in [1.29, 1.82) is 0 Å². The van der Waals surface area contributed by atoms with Gasteiger partial charge in [0.1, 0.15) is 11.9 Å². The van der Waals surface area contributed by atoms with Gasteiger partial charge in [-0.25, -0.2) is 0 Å². The van der Waals surface area contributed by atoms with Gasteiger partial charge in [0.15, 0.2) is 5.17 Å². The van der Waals surface area contributed by atoms with E-state index >= 15 is 0 Å². The number of ether oxygens (including phenoxy) is 1. The third-order valence-corrected chi connectivity index (χ3v) is 13.6. The van der Waals surface area contributed by atoms with Gasteiger partial charge in [0.05, 0.1) is 12.6 Å². The summed E-state index contributed by atoms with van der Waals surface area (Å²) in [6.07, 6.45) is 0.235. The molecule has 5 nitrogen and oxygen atoms in total. The summed E-state index contributed by atoms with van der Waals surface area (Å²) in [7, 11) is -1.25. The lowest BCUT2D eigenvalue weighted by Gasteiger charge is -2.45. The van der Waals surface area contributed by atoms with E-state index in [0.29, 0.717) is 5.17 Å². The van der Waals surface area contributed by atoms with Gasteiger partial charge < -0.3 is 14.5 Å². The summed E-state index contributed by atoms with van der Waals surface area (Å²) >= 11 is 1.59. The van der Waals surface area contributed by atoms with E-state index < -0.39 is 20.0 Å². The molecule has 2 atom stereocenters. The van der Waals surface area contributed by atoms with Crippen molar-refractivity contribution in [2.75, 3.05) is 12.9 Å². The molecule has 0 aromatic heterocycles. The summed E-state index contributed by atoms with van der Waals surface area (Å²) in [4.78, 5) is 19.1. The van der Waals surface area contributed by atoms with E-state index in [1.807, 2.05) is 24.3 Å². The molecule has 1 aliphatic heterocycles. The van der Waals surface area contributed by atoms with Crippen molar-refractivity contribution < 1.29 is 14.0 Å². The van der Waals surface area contributed by atoms with Crippen LogP contribution in [0.3, 0.4) is 0 Å². The molecule has 0 fully saturated rings. The zero-order chi connectivity index (χ0) is 29.0. The molecule has 40 heavy (non-hydrogen) atoms. The molecule has 4 rings (SSSR count). The van der Waals surface area contributed by atoms with Crippen molar-refractivity contribution in [3.8, 4) is 5.75 Å². The van der Waals surface area contributed by atoms with Crippen LogP contribution in [0.4, 0.5) is 0 Å². The summed E-state index contributed by atoms with van der Waals surface area (Å²) < 4.78 is 12.6. The maximum absolute atomic E-state index is 14.0. The molecule has 0 aliphatic carbocycles. The number of rotatable bonds is 8. The van der Waals surface area contributed by atoms with Crippen LogP contribution < -0.4 is 20.4 Å². The summed E-state index contributed by atoms with van der Waals surface area (Å²) in [5, 5.41) is 5.90. The minimum atomic E-state index is -2.91. The molecule has 1 unspecified atom stereocenters. The SMILES string of the molecule is COc1ccc(C2(C)CCSC(NC(=O)[C@H](O[Si](c3ccccc3)(c3ccccc3)C(C)(C)C)C(C)C)=N2)cc1. The predicted molar refractivity (Wildman–Crippen MR) is 170 cm³/mol. The van der Waals surface area contributed by atoms with Gasteiger partial charge >= 0.3 is 0 Å². The number of nitrogens with one attached hydrogen (secondary N) is 1. The highest BCUT2D eigenvalue weighted by Crippen LogP contribution is 2.39. The van der Waals surface area contributed by atoms with E-state index in [1.165, 1.54) is 0 Å². The number of thioether (sulfide) groups is 1. The molecule has 1 heterocycles. The molecular weight excluding hydrogens is 533 g/mol. The zero-order valence-electron chi connectivity index (χ0n) is 24.7. The van der Waals surface area contributed by atoms with E-state index in [1.54, 1.807) is 18.9 Å². The lowest BCUT2D eigenvalue weighted by molar-refractivity contribution is -0.128. The Morgan fingerprint density at radius 2 is 1.50 bits per heavy atom. The second kappa shape index (κ2) is 12.3. The largest absolute Gasteiger partial charge is 0.497 e. The number of hydrogen-bond donors (Lipinski definition) is 1. The first-order valence-electron chi connectivity index (χ1n) is 14.0. The highest BCUT2D eigenvalue weighted by Gasteiger charge is 2.52. The standard InChI is InChI=1S/C33H42N2O3SSi/c1-24(2)29(30(36)34-31-35-33(6,22-23-39-31)25-18-20-26(37-7)21-19-25)38-40(32(3,4)5,27-14-10-8-11-15-27)28-16-12-9-13-17-28/h8-21,24,29H,22-23H2,1-7H3,(H,34,35,36)/t29-,33?/m1/s1. The number of carbonyl (C=O) groups is 1. The number of nitrogens with zero attached hydrogens (tertiary/aromatic N) is 1. The highest BCUT2D eigenvalue weighted by molar-refractivity contribution is 8.13. The monoisotopic (exact) mass is 574 g/mol. The van der Waals surface area contributed by atoms with Gasteiger partial charge in [0.25, 0.3) is 14.2 Å². The number of amides is 1. The quantitative estimate of drug-likeness (QED) is 0.329. The molecule has 3 aromatic rings. The lowest BCUT2D eigenvalue weighted by atomic mass is 9.90. The molecule has 1 aliphatic rings. The van der Waals surface area contributed by atoms with Crippen LogP contribution in [0.25, 0.3) is 0 Å². The molecule has 1 N–H and O–H groups in total. The summed E-state index contributed by atoms with van der Waals surface area (Å²) in [6.45, 7) is 12.9. The molecule has 0 saturated heterocycles. The van der Waals surface area contributed by atoms with Gasteiger partial charge in [-0.2, -0.15) is 0 Å². The Morgan fingerprint density at radius 3 is 1.98 bits per heavy atom. The normalized spacial score (nSPS) is 18.6. The van der Waals surface area contributed by atoms with Crippen LogP contribution in [0.2, 0.25) is 5.04 Å². The van der Waals surface area contributed by atoms with Crippen molar-refractivity contribution in [1.82, 2.24) is 5.32 Å². The maximum atomic E-state index is 14.0. The Bertz CT molecular complexity index is 1270. The van der Waals surface area contributed by atoms with E-state index in [9.17, 15) is 4.79 Å². The Hall–Kier alpha value is -2.87. The third kappa shape index (κ3) is 6.22. The number of hydrogen-bond acceptors (Lipinski definition) is 5. The third-order valence-electron chi connectivity index (χ3n) is 7.70. The molecule has 0 bridgehead atoms. The fourth-order valence-electron chi connectivity index (χ4n) is 5.43. The van der Waals surface area contributed by atoms with Crippen LogP contribution in [-0.4, -0.2) is 38.4 Å². The first kappa shape index (κ1) is 30.1. The van der Waals surface area contributed by atoms with Crippen molar-refractivity contribution in [2.45, 2.75) is 64.6 Å². The Labute approximate surface area is 244 Å². The Balaban J connectivity index is 1.69. The van der Waals surface area contributed by atoms with Crippen LogP contribution in [0.5, 0.6) is 5.75 Å². The van der Waals surface area contributed by atoms with Gasteiger partial charge in [0.2, 0.25) is 0 Å². The van der Waals surface area contributed by atoms with E-state index in [4.69, 9.17) is 14.2 Å². The van der Waals surface area contributed by atoms with Crippen molar-refractivity contribution >= 4 is 41.5 Å². The van der Waals surface area contributed by atoms with Crippen LogP contribution in [-0.2, 0) is 14.8 Å². The average molecular weight is 575 g/mol. The minimum Gasteiger partial charge on any atom is -0.497 e. The number of amidine groups is 1. The number of benzene rings is 3. The molecule has 0 saturated carbocycles. The van der Waals surface area contributed by atoms with Gasteiger partial charge in [0, 0.05) is 5.75 Å². The van der Waals surface area contributed by atoms with Crippen molar-refractivity contribution in [3.63, 3.8) is 0 Å². The topological polar surface area (TPSA) is 59.9 Å². The average Bonchev–Trinajstić information content (AvgIpc) is 2.94. The summed E-state index contributed by atoms with van der Waals surface area (Å²) in [5.41, 5.74) is 0.677. The van der Waals surface area contributed by atoms with Gasteiger partial charge in [-0.1, -0.05) is 119 Å². The molecule has 1 amide bonds. The molecule has 0 spiro atoms. The van der Waals surface area contributed by atoms with Crippen LogP contribution in [0.1, 0.15) is 53.5 Å².